The Hall–Kier alpha value is -1.52. The molecule has 2 nitrogen and oxygen atoms in total. The van der Waals surface area contributed by atoms with Gasteiger partial charge in [0.15, 0.2) is 0 Å². The third-order valence-electron chi connectivity index (χ3n) is 3.29. The van der Waals surface area contributed by atoms with Crippen molar-refractivity contribution in [3.8, 4) is 0 Å². The Bertz CT molecular complexity index is 571. The molecule has 1 heterocycles. The highest BCUT2D eigenvalue weighted by atomic mass is 19.4. The van der Waals surface area contributed by atoms with E-state index in [0.29, 0.717) is 22.9 Å². The van der Waals surface area contributed by atoms with Gasteiger partial charge in [0, 0.05) is 5.92 Å². The average Bonchev–Trinajstić information content (AvgIpc) is 2.83. The standard InChI is InChI=1S/C12H11F3N2/c1-6-4-8(6)11-16-9-3-2-7(12(13,14)15)5-10(9)17-11/h2-3,5-6,8H,4H2,1H3,(H,16,17). The lowest BCUT2D eigenvalue weighted by Gasteiger charge is -2.05. The number of benzene rings is 1. The van der Waals surface area contributed by atoms with Gasteiger partial charge in [0.25, 0.3) is 0 Å². The van der Waals surface area contributed by atoms with Crippen LogP contribution in [-0.2, 0) is 6.18 Å². The number of nitrogens with one attached hydrogen (secondary N) is 1. The molecule has 0 amide bonds. The second-order valence-electron chi connectivity index (χ2n) is 4.67. The number of aromatic amines is 1. The summed E-state index contributed by atoms with van der Waals surface area (Å²) < 4.78 is 37.6. The van der Waals surface area contributed by atoms with Gasteiger partial charge in [-0.05, 0) is 30.5 Å². The zero-order valence-electron chi connectivity index (χ0n) is 9.17. The highest BCUT2D eigenvalue weighted by Crippen LogP contribution is 2.46. The van der Waals surface area contributed by atoms with E-state index < -0.39 is 11.7 Å². The van der Waals surface area contributed by atoms with Crippen LogP contribution in [0.2, 0.25) is 0 Å². The molecule has 1 saturated carbocycles. The van der Waals surface area contributed by atoms with E-state index in [-0.39, 0.29) is 0 Å². The van der Waals surface area contributed by atoms with Crippen LogP contribution in [0.15, 0.2) is 18.2 Å². The minimum atomic E-state index is -4.30. The summed E-state index contributed by atoms with van der Waals surface area (Å²) in [5.74, 6) is 1.78. The molecule has 0 radical (unpaired) electrons. The minimum absolute atomic E-state index is 0.386. The van der Waals surface area contributed by atoms with E-state index in [4.69, 9.17) is 0 Å². The van der Waals surface area contributed by atoms with E-state index in [1.54, 1.807) is 0 Å². The fourth-order valence-electron chi connectivity index (χ4n) is 2.08. The van der Waals surface area contributed by atoms with Crippen molar-refractivity contribution < 1.29 is 13.2 Å². The topological polar surface area (TPSA) is 28.7 Å². The molecule has 3 rings (SSSR count). The van der Waals surface area contributed by atoms with Gasteiger partial charge < -0.3 is 4.98 Å². The van der Waals surface area contributed by atoms with Crippen molar-refractivity contribution in [1.29, 1.82) is 0 Å². The van der Waals surface area contributed by atoms with Crippen molar-refractivity contribution in [2.24, 2.45) is 5.92 Å². The van der Waals surface area contributed by atoms with Crippen molar-refractivity contribution in [2.45, 2.75) is 25.4 Å². The first-order chi connectivity index (χ1) is 7.95. The van der Waals surface area contributed by atoms with Crippen molar-refractivity contribution in [1.82, 2.24) is 9.97 Å². The smallest absolute Gasteiger partial charge is 0.342 e. The monoisotopic (exact) mass is 240 g/mol. The lowest BCUT2D eigenvalue weighted by Crippen LogP contribution is -2.04. The molecule has 1 aromatic heterocycles. The van der Waals surface area contributed by atoms with Crippen LogP contribution in [0.4, 0.5) is 13.2 Å². The molecule has 2 unspecified atom stereocenters. The number of halogens is 3. The van der Waals surface area contributed by atoms with Crippen LogP contribution in [0, 0.1) is 5.92 Å². The maximum Gasteiger partial charge on any atom is 0.416 e. The third-order valence-corrected chi connectivity index (χ3v) is 3.29. The Morgan fingerprint density at radius 1 is 1.35 bits per heavy atom. The first-order valence-corrected chi connectivity index (χ1v) is 5.52. The van der Waals surface area contributed by atoms with Gasteiger partial charge in [0.05, 0.1) is 16.6 Å². The Morgan fingerprint density at radius 2 is 2.06 bits per heavy atom. The molecule has 1 aromatic carbocycles. The number of imidazole rings is 1. The summed E-state index contributed by atoms with van der Waals surface area (Å²) in [5.41, 5.74) is 0.435. The van der Waals surface area contributed by atoms with Gasteiger partial charge in [-0.3, -0.25) is 0 Å². The first kappa shape index (κ1) is 10.6. The summed E-state index contributed by atoms with van der Waals surface area (Å²) in [6.45, 7) is 2.11. The third kappa shape index (κ3) is 1.79. The maximum absolute atomic E-state index is 12.5. The predicted octanol–water partition coefficient (Wildman–Crippen LogP) is 3.71. The zero-order valence-corrected chi connectivity index (χ0v) is 9.17. The van der Waals surface area contributed by atoms with Crippen molar-refractivity contribution in [3.05, 3.63) is 29.6 Å². The molecule has 5 heteroatoms. The second kappa shape index (κ2) is 3.24. The van der Waals surface area contributed by atoms with E-state index in [1.165, 1.54) is 6.07 Å². The van der Waals surface area contributed by atoms with Gasteiger partial charge in [0.1, 0.15) is 5.82 Å². The number of hydrogen-bond acceptors (Lipinski definition) is 1. The van der Waals surface area contributed by atoms with E-state index in [2.05, 4.69) is 16.9 Å². The molecule has 2 aromatic rings. The normalized spacial score (nSPS) is 24.2. The molecule has 1 aliphatic rings. The number of hydrogen-bond donors (Lipinski definition) is 1. The maximum atomic E-state index is 12.5. The molecule has 1 N–H and O–H groups in total. The number of H-pyrrole nitrogens is 1. The Balaban J connectivity index is 2.05. The molecule has 0 spiro atoms. The van der Waals surface area contributed by atoms with Crippen LogP contribution >= 0.6 is 0 Å². The van der Waals surface area contributed by atoms with Gasteiger partial charge in [-0.25, -0.2) is 4.98 Å². The van der Waals surface area contributed by atoms with Gasteiger partial charge in [-0.1, -0.05) is 6.92 Å². The molecule has 0 aliphatic heterocycles. The minimum Gasteiger partial charge on any atom is -0.342 e. The van der Waals surface area contributed by atoms with E-state index in [9.17, 15) is 13.2 Å². The fourth-order valence-corrected chi connectivity index (χ4v) is 2.08. The highest BCUT2D eigenvalue weighted by Gasteiger charge is 2.37. The van der Waals surface area contributed by atoms with Crippen molar-refractivity contribution >= 4 is 11.0 Å². The molecule has 17 heavy (non-hydrogen) atoms. The number of aromatic nitrogens is 2. The number of rotatable bonds is 1. The van der Waals surface area contributed by atoms with Crippen LogP contribution in [-0.4, -0.2) is 9.97 Å². The van der Waals surface area contributed by atoms with Crippen LogP contribution in [0.1, 0.15) is 30.7 Å². The Labute approximate surface area is 95.9 Å². The summed E-state index contributed by atoms with van der Waals surface area (Å²) >= 11 is 0. The van der Waals surface area contributed by atoms with Crippen LogP contribution < -0.4 is 0 Å². The van der Waals surface area contributed by atoms with Gasteiger partial charge >= 0.3 is 6.18 Å². The zero-order chi connectivity index (χ0) is 12.2. The first-order valence-electron chi connectivity index (χ1n) is 5.52. The SMILES string of the molecule is CC1CC1c1nc2ccc(C(F)(F)F)cc2[nH]1. The van der Waals surface area contributed by atoms with Crippen LogP contribution in [0.5, 0.6) is 0 Å². The second-order valence-corrected chi connectivity index (χ2v) is 4.67. The lowest BCUT2D eigenvalue weighted by atomic mass is 10.2. The van der Waals surface area contributed by atoms with Crippen LogP contribution in [0.3, 0.4) is 0 Å². The lowest BCUT2D eigenvalue weighted by molar-refractivity contribution is -0.137. The quantitative estimate of drug-likeness (QED) is 0.808. The van der Waals surface area contributed by atoms with Crippen LogP contribution in [0.25, 0.3) is 11.0 Å². The summed E-state index contributed by atoms with van der Waals surface area (Å²) in [6.07, 6.45) is -3.24. The molecule has 1 aliphatic carbocycles. The molecule has 0 bridgehead atoms. The highest BCUT2D eigenvalue weighted by molar-refractivity contribution is 5.76. The summed E-state index contributed by atoms with van der Waals surface area (Å²) in [4.78, 5) is 7.31. The van der Waals surface area contributed by atoms with Gasteiger partial charge in [-0.15, -0.1) is 0 Å². The molecular weight excluding hydrogens is 229 g/mol. The molecule has 1 fully saturated rings. The van der Waals surface area contributed by atoms with E-state index >= 15 is 0 Å². The predicted molar refractivity (Wildman–Crippen MR) is 57.6 cm³/mol. The fraction of sp³-hybridized carbons (Fsp3) is 0.417. The summed E-state index contributed by atoms with van der Waals surface area (Å²) in [7, 11) is 0. The van der Waals surface area contributed by atoms with Crippen molar-refractivity contribution in [2.75, 3.05) is 0 Å². The molecular formula is C12H11F3N2. The number of fused-ring (bicyclic) bond motifs is 1. The van der Waals surface area contributed by atoms with Gasteiger partial charge in [0.2, 0.25) is 0 Å². The molecule has 90 valence electrons. The van der Waals surface area contributed by atoms with E-state index in [1.807, 2.05) is 0 Å². The summed E-state index contributed by atoms with van der Waals surface area (Å²) in [6, 6.07) is 3.62. The number of alkyl halides is 3. The number of nitrogens with zero attached hydrogens (tertiary/aromatic N) is 1. The van der Waals surface area contributed by atoms with E-state index in [0.717, 1.165) is 24.4 Å². The molecule has 0 saturated heterocycles. The largest absolute Gasteiger partial charge is 0.416 e. The summed E-state index contributed by atoms with van der Waals surface area (Å²) in [5, 5.41) is 0. The van der Waals surface area contributed by atoms with Crippen molar-refractivity contribution in [3.63, 3.8) is 0 Å². The average molecular weight is 240 g/mol. The Morgan fingerprint density at radius 3 is 2.65 bits per heavy atom. The molecule has 2 atom stereocenters. The Kier molecular flexibility index (Phi) is 2.03. The van der Waals surface area contributed by atoms with Gasteiger partial charge in [-0.2, -0.15) is 13.2 Å².